The number of esters is 1. The van der Waals surface area contributed by atoms with E-state index in [1.165, 1.54) is 12.1 Å². The molecule has 1 atom stereocenters. The Morgan fingerprint density at radius 3 is 2.30 bits per heavy atom. The molecule has 0 fully saturated rings. The third-order valence-electron chi connectivity index (χ3n) is 2.44. The lowest BCUT2D eigenvalue weighted by Gasteiger charge is -2.14. The summed E-state index contributed by atoms with van der Waals surface area (Å²) in [5.74, 6) is -3.92. The van der Waals surface area contributed by atoms with Crippen LogP contribution in [0.5, 0.6) is 0 Å². The van der Waals surface area contributed by atoms with Crippen molar-refractivity contribution in [2.75, 3.05) is 11.9 Å². The van der Waals surface area contributed by atoms with Crippen LogP contribution in [0.4, 0.5) is 14.5 Å². The highest BCUT2D eigenvalue weighted by Gasteiger charge is 2.26. The maximum absolute atomic E-state index is 12.3. The number of benzene rings is 1. The standard InChI is InChI=1S/C12H15F2NO4S/c1-3-19-11(16)8(2)15-9-4-6-10(7-5-9)20(17,18)12(13)14/h4-8,12,15H,3H2,1-2H3. The van der Waals surface area contributed by atoms with E-state index in [9.17, 15) is 22.0 Å². The number of carbonyl (C=O) groups is 1. The highest BCUT2D eigenvalue weighted by atomic mass is 32.2. The summed E-state index contributed by atoms with van der Waals surface area (Å²) in [7, 11) is -4.60. The number of hydrogen-bond donors (Lipinski definition) is 1. The van der Waals surface area contributed by atoms with E-state index in [1.54, 1.807) is 13.8 Å². The maximum atomic E-state index is 12.3. The molecule has 1 N–H and O–H groups in total. The first-order valence-electron chi connectivity index (χ1n) is 5.84. The Hall–Kier alpha value is -1.70. The third kappa shape index (κ3) is 3.89. The minimum Gasteiger partial charge on any atom is -0.464 e. The molecule has 0 heterocycles. The Balaban J connectivity index is 2.80. The molecule has 112 valence electrons. The molecule has 0 aliphatic carbocycles. The molecule has 1 aromatic rings. The van der Waals surface area contributed by atoms with E-state index in [4.69, 9.17) is 4.74 Å². The Labute approximate surface area is 115 Å². The number of nitrogens with one attached hydrogen (secondary N) is 1. The Morgan fingerprint density at radius 1 is 1.30 bits per heavy atom. The molecule has 0 spiro atoms. The lowest BCUT2D eigenvalue weighted by molar-refractivity contribution is -0.143. The molecular weight excluding hydrogens is 292 g/mol. The summed E-state index contributed by atoms with van der Waals surface area (Å²) in [6.07, 6.45) is 0. The van der Waals surface area contributed by atoms with Crippen molar-refractivity contribution in [3.05, 3.63) is 24.3 Å². The van der Waals surface area contributed by atoms with Crippen LogP contribution in [0.15, 0.2) is 29.2 Å². The van der Waals surface area contributed by atoms with E-state index < -0.39 is 32.5 Å². The smallest absolute Gasteiger partial charge is 0.341 e. The molecule has 8 heteroatoms. The van der Waals surface area contributed by atoms with Gasteiger partial charge in [-0.15, -0.1) is 0 Å². The lowest BCUT2D eigenvalue weighted by Crippen LogP contribution is -2.28. The molecule has 0 aliphatic heterocycles. The van der Waals surface area contributed by atoms with E-state index in [2.05, 4.69) is 5.32 Å². The molecule has 0 saturated carbocycles. The van der Waals surface area contributed by atoms with Crippen molar-refractivity contribution in [1.82, 2.24) is 0 Å². The quantitative estimate of drug-likeness (QED) is 0.814. The van der Waals surface area contributed by atoms with Gasteiger partial charge in [-0.2, -0.15) is 8.78 Å². The first-order valence-corrected chi connectivity index (χ1v) is 7.39. The zero-order valence-electron chi connectivity index (χ0n) is 11.0. The fourth-order valence-electron chi connectivity index (χ4n) is 1.42. The number of rotatable bonds is 6. The van der Waals surface area contributed by atoms with E-state index in [0.29, 0.717) is 5.69 Å². The van der Waals surface area contributed by atoms with Crippen LogP contribution in [0, 0.1) is 0 Å². The molecule has 0 saturated heterocycles. The summed E-state index contributed by atoms with van der Waals surface area (Å²) in [5, 5.41) is 2.78. The van der Waals surface area contributed by atoms with Gasteiger partial charge in [0, 0.05) is 5.69 Å². The lowest BCUT2D eigenvalue weighted by atomic mass is 10.2. The monoisotopic (exact) mass is 307 g/mol. The van der Waals surface area contributed by atoms with Gasteiger partial charge in [0.25, 0.3) is 0 Å². The van der Waals surface area contributed by atoms with Crippen LogP contribution in [0.2, 0.25) is 0 Å². The van der Waals surface area contributed by atoms with Gasteiger partial charge in [-0.3, -0.25) is 0 Å². The van der Waals surface area contributed by atoms with Gasteiger partial charge in [0.15, 0.2) is 0 Å². The summed E-state index contributed by atoms with van der Waals surface area (Å²) in [6, 6.07) is 4.10. The SMILES string of the molecule is CCOC(=O)C(C)Nc1ccc(S(=O)(=O)C(F)F)cc1. The largest absolute Gasteiger partial charge is 0.464 e. The van der Waals surface area contributed by atoms with Crippen molar-refractivity contribution >= 4 is 21.5 Å². The average molecular weight is 307 g/mol. The summed E-state index contributed by atoms with van der Waals surface area (Å²) >= 11 is 0. The van der Waals surface area contributed by atoms with Gasteiger partial charge in [-0.25, -0.2) is 13.2 Å². The average Bonchev–Trinajstić information content (AvgIpc) is 2.39. The molecule has 0 amide bonds. The highest BCUT2D eigenvalue weighted by Crippen LogP contribution is 2.20. The molecular formula is C12H15F2NO4S. The predicted octanol–water partition coefficient (Wildman–Crippen LogP) is 2.05. The molecule has 0 aromatic heterocycles. The van der Waals surface area contributed by atoms with Crippen molar-refractivity contribution in [3.8, 4) is 0 Å². The second-order valence-corrected chi connectivity index (χ2v) is 5.87. The van der Waals surface area contributed by atoms with Crippen LogP contribution in [0.25, 0.3) is 0 Å². The van der Waals surface area contributed by atoms with Crippen LogP contribution in [-0.4, -0.2) is 32.8 Å². The van der Waals surface area contributed by atoms with Gasteiger partial charge in [0.1, 0.15) is 6.04 Å². The number of sulfone groups is 1. The van der Waals surface area contributed by atoms with Crippen LogP contribution in [-0.2, 0) is 19.4 Å². The van der Waals surface area contributed by atoms with Crippen LogP contribution >= 0.6 is 0 Å². The van der Waals surface area contributed by atoms with Crippen LogP contribution in [0.3, 0.4) is 0 Å². The number of ether oxygens (including phenoxy) is 1. The fourth-order valence-corrected chi connectivity index (χ4v) is 2.14. The minimum atomic E-state index is -4.60. The van der Waals surface area contributed by atoms with Gasteiger partial charge in [-0.1, -0.05) is 0 Å². The van der Waals surface area contributed by atoms with Crippen LogP contribution < -0.4 is 5.32 Å². The van der Waals surface area contributed by atoms with E-state index in [1.807, 2.05) is 0 Å². The highest BCUT2D eigenvalue weighted by molar-refractivity contribution is 7.91. The summed E-state index contributed by atoms with van der Waals surface area (Å²) in [6.45, 7) is 3.49. The van der Waals surface area contributed by atoms with Crippen molar-refractivity contribution in [1.29, 1.82) is 0 Å². The molecule has 5 nitrogen and oxygen atoms in total. The first-order chi connectivity index (χ1) is 9.28. The topological polar surface area (TPSA) is 72.5 Å². The molecule has 0 bridgehead atoms. The number of alkyl halides is 2. The second-order valence-electron chi connectivity index (χ2n) is 3.95. The van der Waals surface area contributed by atoms with Gasteiger partial charge in [-0.05, 0) is 38.1 Å². The first kappa shape index (κ1) is 16.4. The summed E-state index contributed by atoms with van der Waals surface area (Å²) < 4.78 is 51.9. The van der Waals surface area contributed by atoms with Gasteiger partial charge >= 0.3 is 11.7 Å². The second kappa shape index (κ2) is 6.65. The summed E-state index contributed by atoms with van der Waals surface area (Å²) in [5.41, 5.74) is 0.429. The van der Waals surface area contributed by atoms with Crippen LogP contribution in [0.1, 0.15) is 13.8 Å². The molecule has 20 heavy (non-hydrogen) atoms. The van der Waals surface area contributed by atoms with Crippen molar-refractivity contribution < 1.29 is 26.7 Å². The van der Waals surface area contributed by atoms with Gasteiger partial charge < -0.3 is 10.1 Å². The minimum absolute atomic E-state index is 0.246. The third-order valence-corrected chi connectivity index (χ3v) is 3.84. The van der Waals surface area contributed by atoms with E-state index >= 15 is 0 Å². The van der Waals surface area contributed by atoms with Crippen molar-refractivity contribution in [3.63, 3.8) is 0 Å². The van der Waals surface area contributed by atoms with E-state index in [-0.39, 0.29) is 6.61 Å². The number of carbonyl (C=O) groups excluding carboxylic acids is 1. The Bertz CT molecular complexity index is 557. The van der Waals surface area contributed by atoms with Crippen molar-refractivity contribution in [2.45, 2.75) is 30.5 Å². The Kier molecular flexibility index (Phi) is 5.43. The zero-order valence-corrected chi connectivity index (χ0v) is 11.8. The molecule has 1 rings (SSSR count). The van der Waals surface area contributed by atoms with Gasteiger partial charge in [0.05, 0.1) is 11.5 Å². The number of hydrogen-bond acceptors (Lipinski definition) is 5. The number of halogens is 2. The number of anilines is 1. The normalized spacial score (nSPS) is 13.1. The summed E-state index contributed by atoms with van der Waals surface area (Å²) in [4.78, 5) is 10.9. The van der Waals surface area contributed by atoms with E-state index in [0.717, 1.165) is 12.1 Å². The molecule has 1 aromatic carbocycles. The van der Waals surface area contributed by atoms with Crippen molar-refractivity contribution in [2.24, 2.45) is 0 Å². The zero-order chi connectivity index (χ0) is 15.3. The maximum Gasteiger partial charge on any atom is 0.341 e. The molecule has 0 aliphatic rings. The fraction of sp³-hybridized carbons (Fsp3) is 0.417. The molecule has 1 unspecified atom stereocenters. The van der Waals surface area contributed by atoms with Gasteiger partial charge in [0.2, 0.25) is 9.84 Å². The Morgan fingerprint density at radius 2 is 1.85 bits per heavy atom. The molecule has 0 radical (unpaired) electrons. The predicted molar refractivity (Wildman–Crippen MR) is 69.3 cm³/mol.